The van der Waals surface area contributed by atoms with Crippen molar-refractivity contribution < 1.29 is 23.5 Å². The Morgan fingerprint density at radius 2 is 1.88 bits per heavy atom. The van der Waals surface area contributed by atoms with Crippen LogP contribution in [-0.2, 0) is 20.9 Å². The Kier molecular flexibility index (Phi) is 13.4. The molecule has 0 bridgehead atoms. The minimum Gasteiger partial charge on any atom is -0.482 e. The molecule has 2 aromatic carbocycles. The normalized spacial score (nSPS) is 15.3. The number of piperazine rings is 1. The maximum Gasteiger partial charge on any atom is 0.260 e. The number of hydrogen-bond donors (Lipinski definition) is 4. The minimum absolute atomic E-state index is 0.0245. The van der Waals surface area contributed by atoms with Crippen LogP contribution in [0.1, 0.15) is 12.5 Å². The Bertz CT molecular complexity index is 1180. The summed E-state index contributed by atoms with van der Waals surface area (Å²) in [6, 6.07) is 11.3. The number of nitrogens with zero attached hydrogens (tertiary/aromatic N) is 3. The Morgan fingerprint density at radius 3 is 2.56 bits per heavy atom. The summed E-state index contributed by atoms with van der Waals surface area (Å²) in [6.07, 6.45) is 0. The van der Waals surface area contributed by atoms with Gasteiger partial charge in [-0.05, 0) is 42.8 Å². The van der Waals surface area contributed by atoms with E-state index in [9.17, 15) is 18.8 Å². The first-order chi connectivity index (χ1) is 19.7. The summed E-state index contributed by atoms with van der Waals surface area (Å²) in [5, 5.41) is 6.16. The molecule has 1 aliphatic rings. The average molecular weight is 626 g/mol. The summed E-state index contributed by atoms with van der Waals surface area (Å²) in [4.78, 5) is 43.5. The number of hydrogen-bond acceptors (Lipinski definition) is 8. The molecule has 13 heteroatoms. The monoisotopic (exact) mass is 625 g/mol. The number of benzene rings is 2. The van der Waals surface area contributed by atoms with E-state index in [1.54, 1.807) is 35.2 Å². The molecular weight excluding hydrogens is 589 g/mol. The number of halogens is 2. The predicted molar refractivity (Wildman–Crippen MR) is 166 cm³/mol. The lowest BCUT2D eigenvalue weighted by Gasteiger charge is -2.39. The van der Waals surface area contributed by atoms with Crippen LogP contribution in [0.4, 0.5) is 10.1 Å². The third-order valence-electron chi connectivity index (χ3n) is 6.57. The minimum atomic E-state index is -0.297. The molecule has 1 heterocycles. The van der Waals surface area contributed by atoms with Gasteiger partial charge in [0.15, 0.2) is 6.61 Å². The molecule has 2 aromatic rings. The van der Waals surface area contributed by atoms with Crippen LogP contribution in [0.15, 0.2) is 42.5 Å². The summed E-state index contributed by atoms with van der Waals surface area (Å²) in [5.41, 5.74) is 1.48. The maximum atomic E-state index is 13.2. The molecule has 0 saturated carbocycles. The first-order valence-electron chi connectivity index (χ1n) is 13.4. The van der Waals surface area contributed by atoms with Gasteiger partial charge >= 0.3 is 0 Å². The molecule has 3 amide bonds. The van der Waals surface area contributed by atoms with E-state index in [4.69, 9.17) is 16.3 Å². The highest BCUT2D eigenvalue weighted by atomic mass is 35.5. The molecule has 3 rings (SSSR count). The first kappa shape index (κ1) is 32.8. The van der Waals surface area contributed by atoms with Gasteiger partial charge in [0, 0.05) is 61.8 Å². The van der Waals surface area contributed by atoms with Gasteiger partial charge in [0.25, 0.3) is 5.91 Å². The summed E-state index contributed by atoms with van der Waals surface area (Å²) < 4.78 is 19.1. The third-order valence-corrected chi connectivity index (χ3v) is 7.22. The van der Waals surface area contributed by atoms with Gasteiger partial charge in [0.2, 0.25) is 11.8 Å². The Balaban J connectivity index is 1.53. The molecule has 1 atom stereocenters. The van der Waals surface area contributed by atoms with Crippen molar-refractivity contribution >= 4 is 60.3 Å². The van der Waals surface area contributed by atoms with E-state index in [1.165, 1.54) is 17.0 Å². The van der Waals surface area contributed by atoms with Gasteiger partial charge in [-0.1, -0.05) is 23.7 Å². The number of amides is 3. The third kappa shape index (κ3) is 10.6. The maximum absolute atomic E-state index is 13.2. The fourth-order valence-electron chi connectivity index (χ4n) is 4.50. The van der Waals surface area contributed by atoms with Crippen LogP contribution >= 0.6 is 36.9 Å². The van der Waals surface area contributed by atoms with E-state index in [-0.39, 0.29) is 49.3 Å². The van der Waals surface area contributed by atoms with Gasteiger partial charge in [-0.25, -0.2) is 4.39 Å². The number of ether oxygens (including phenoxy) is 1. The summed E-state index contributed by atoms with van der Waals surface area (Å²) in [7, 11) is 0. The molecule has 9 nitrogen and oxygen atoms in total. The van der Waals surface area contributed by atoms with Gasteiger partial charge < -0.3 is 25.2 Å². The van der Waals surface area contributed by atoms with E-state index in [1.807, 2.05) is 6.92 Å². The summed E-state index contributed by atoms with van der Waals surface area (Å²) in [5.74, 6) is 0.301. The Hall–Kier alpha value is -2.67. The van der Waals surface area contributed by atoms with Crippen molar-refractivity contribution in [3.8, 4) is 5.75 Å². The molecule has 224 valence electrons. The number of rotatable bonds is 14. The van der Waals surface area contributed by atoms with Gasteiger partial charge in [-0.15, -0.1) is 0 Å². The zero-order chi connectivity index (χ0) is 29.8. The highest BCUT2D eigenvalue weighted by molar-refractivity contribution is 7.80. The fourth-order valence-corrected chi connectivity index (χ4v) is 5.03. The van der Waals surface area contributed by atoms with Crippen molar-refractivity contribution in [2.45, 2.75) is 19.5 Å². The lowest BCUT2D eigenvalue weighted by Crippen LogP contribution is -2.54. The average Bonchev–Trinajstić information content (AvgIpc) is 2.95. The van der Waals surface area contributed by atoms with Crippen molar-refractivity contribution in [1.82, 2.24) is 20.0 Å². The number of carbonyl (C=O) groups is 3. The molecule has 0 spiro atoms. The van der Waals surface area contributed by atoms with E-state index in [0.717, 1.165) is 5.56 Å². The topological polar surface area (TPSA) is 94.2 Å². The molecule has 0 aliphatic carbocycles. The van der Waals surface area contributed by atoms with E-state index in [2.05, 4.69) is 40.8 Å². The highest BCUT2D eigenvalue weighted by Gasteiger charge is 2.28. The van der Waals surface area contributed by atoms with Crippen LogP contribution in [0.25, 0.3) is 0 Å². The fraction of sp³-hybridized carbons (Fsp3) is 0.464. The number of carbonyl (C=O) groups excluding carboxylic acids is 3. The van der Waals surface area contributed by atoms with Crippen molar-refractivity contribution in [1.29, 1.82) is 0 Å². The molecule has 0 unspecified atom stereocenters. The SMILES string of the molecule is C[C@@H]1CN(Cc2ccc(F)cc2)CCN1C(=O)COc1ccc(Cl)cc1NCC(=O)N(CCS)CC(=O)NCCS. The molecule has 0 aromatic heterocycles. The van der Waals surface area contributed by atoms with Crippen LogP contribution in [0, 0.1) is 5.82 Å². The Morgan fingerprint density at radius 1 is 1.12 bits per heavy atom. The number of thiol groups is 2. The van der Waals surface area contributed by atoms with Crippen LogP contribution in [0.2, 0.25) is 5.02 Å². The zero-order valence-corrected chi connectivity index (χ0v) is 25.6. The summed E-state index contributed by atoms with van der Waals surface area (Å²) in [6.45, 7) is 4.96. The Labute approximate surface area is 256 Å². The van der Waals surface area contributed by atoms with Gasteiger partial charge in [-0.3, -0.25) is 19.3 Å². The van der Waals surface area contributed by atoms with Crippen LogP contribution in [-0.4, -0.2) is 102 Å². The second-order valence-electron chi connectivity index (χ2n) is 9.69. The van der Waals surface area contributed by atoms with Gasteiger partial charge in [0.05, 0.1) is 18.8 Å². The van der Waals surface area contributed by atoms with E-state index in [0.29, 0.717) is 67.2 Å². The van der Waals surface area contributed by atoms with Crippen molar-refractivity contribution in [3.05, 3.63) is 58.9 Å². The van der Waals surface area contributed by atoms with Crippen LogP contribution < -0.4 is 15.4 Å². The molecule has 1 saturated heterocycles. The standard InChI is InChI=1S/C28H37ClFN5O4S2/c1-20-16-33(17-21-2-5-23(30)6-3-21)9-10-35(20)28(38)19-39-25-7-4-22(29)14-24(25)32-15-27(37)34(11-13-41)18-26(36)31-8-12-40/h2-7,14,20,32,40-41H,8-13,15-19H2,1H3,(H,31,36)/t20-/m1/s1. The second-order valence-corrected chi connectivity index (χ2v) is 11.0. The summed E-state index contributed by atoms with van der Waals surface area (Å²) >= 11 is 14.5. The first-order valence-corrected chi connectivity index (χ1v) is 15.0. The number of anilines is 1. The highest BCUT2D eigenvalue weighted by Crippen LogP contribution is 2.28. The molecule has 1 fully saturated rings. The van der Waals surface area contributed by atoms with E-state index < -0.39 is 0 Å². The van der Waals surface area contributed by atoms with Crippen molar-refractivity contribution in [3.63, 3.8) is 0 Å². The van der Waals surface area contributed by atoms with Gasteiger partial charge in [-0.2, -0.15) is 25.3 Å². The van der Waals surface area contributed by atoms with Crippen LogP contribution in [0.5, 0.6) is 5.75 Å². The zero-order valence-electron chi connectivity index (χ0n) is 23.0. The second kappa shape index (κ2) is 16.7. The molecule has 2 N–H and O–H groups in total. The van der Waals surface area contributed by atoms with Crippen molar-refractivity contribution in [2.75, 3.05) is 69.2 Å². The quantitative estimate of drug-likeness (QED) is 0.241. The molecule has 1 aliphatic heterocycles. The van der Waals surface area contributed by atoms with Crippen molar-refractivity contribution in [2.24, 2.45) is 0 Å². The van der Waals surface area contributed by atoms with Gasteiger partial charge in [0.1, 0.15) is 11.6 Å². The lowest BCUT2D eigenvalue weighted by atomic mass is 10.1. The molecule has 0 radical (unpaired) electrons. The smallest absolute Gasteiger partial charge is 0.260 e. The number of nitrogens with one attached hydrogen (secondary N) is 2. The molecule has 41 heavy (non-hydrogen) atoms. The molecular formula is C28H37ClFN5O4S2. The van der Waals surface area contributed by atoms with Crippen LogP contribution in [0.3, 0.4) is 0 Å². The lowest BCUT2D eigenvalue weighted by molar-refractivity contribution is -0.138. The predicted octanol–water partition coefficient (Wildman–Crippen LogP) is 2.81. The largest absolute Gasteiger partial charge is 0.482 e. The van der Waals surface area contributed by atoms with E-state index >= 15 is 0 Å².